The Morgan fingerprint density at radius 3 is 2.78 bits per heavy atom. The number of fused-ring (bicyclic) bond motifs is 1. The average Bonchev–Trinajstić information content (AvgIpc) is 3.41. The van der Waals surface area contributed by atoms with E-state index in [4.69, 9.17) is 11.6 Å². The first-order valence-electron chi connectivity index (χ1n) is 9.99. The number of anilines is 1. The normalized spacial score (nSPS) is 16.3. The van der Waals surface area contributed by atoms with Crippen LogP contribution in [-0.2, 0) is 11.2 Å². The predicted octanol–water partition coefficient (Wildman–Crippen LogP) is 5.26. The van der Waals surface area contributed by atoms with Crippen LogP contribution in [0.5, 0.6) is 0 Å². The van der Waals surface area contributed by atoms with Crippen LogP contribution in [0.15, 0.2) is 35.7 Å². The van der Waals surface area contributed by atoms with Gasteiger partial charge in [-0.15, -0.1) is 11.3 Å². The molecule has 0 unspecified atom stereocenters. The van der Waals surface area contributed by atoms with Gasteiger partial charge >= 0.3 is 0 Å². The van der Waals surface area contributed by atoms with E-state index in [9.17, 15) is 18.8 Å². The number of nitrogens with one attached hydrogen (secondary N) is 2. The summed E-state index contributed by atoms with van der Waals surface area (Å²) in [6, 6.07) is 7.77. The summed E-state index contributed by atoms with van der Waals surface area (Å²) in [6.45, 7) is 1.99. The van der Waals surface area contributed by atoms with Gasteiger partial charge in [0.05, 0.1) is 33.1 Å². The van der Waals surface area contributed by atoms with E-state index in [1.807, 2.05) is 24.4 Å². The Bertz CT molecular complexity index is 1160. The molecule has 166 valence electrons. The second kappa shape index (κ2) is 9.48. The summed E-state index contributed by atoms with van der Waals surface area (Å²) < 4.78 is 14.0. The summed E-state index contributed by atoms with van der Waals surface area (Å²) in [4.78, 5) is 43.8. The standard InChI is InChI=1S/C22H19ClFN3O3S2/c1-2-14(17-7-4-8-31-17)25-20(29)11-9-15-19(16(28)10-11)32-22(26-15)27-21(30)18-12(23)5-3-6-13(18)24/h3-8,11,14H,2,9-10H2,1H3,(H,25,29)(H,26,27,30)/t11-,14+/m0/s1. The van der Waals surface area contributed by atoms with Crippen LogP contribution in [0.25, 0.3) is 0 Å². The molecule has 1 aliphatic carbocycles. The molecule has 0 bridgehead atoms. The molecular formula is C22H19ClFN3O3S2. The summed E-state index contributed by atoms with van der Waals surface area (Å²) >= 11 is 8.54. The fraction of sp³-hybridized carbons (Fsp3) is 0.273. The van der Waals surface area contributed by atoms with Gasteiger partial charge in [-0.25, -0.2) is 9.37 Å². The van der Waals surface area contributed by atoms with Crippen LogP contribution in [0.3, 0.4) is 0 Å². The van der Waals surface area contributed by atoms with Crippen molar-refractivity contribution in [2.75, 3.05) is 5.32 Å². The Kier molecular flexibility index (Phi) is 6.68. The van der Waals surface area contributed by atoms with Crippen LogP contribution in [0.2, 0.25) is 5.02 Å². The number of hydrogen-bond donors (Lipinski definition) is 2. The summed E-state index contributed by atoms with van der Waals surface area (Å²) in [5.74, 6) is -2.42. The largest absolute Gasteiger partial charge is 0.348 e. The van der Waals surface area contributed by atoms with E-state index in [1.165, 1.54) is 12.1 Å². The highest BCUT2D eigenvalue weighted by Crippen LogP contribution is 2.33. The van der Waals surface area contributed by atoms with E-state index >= 15 is 0 Å². The first-order chi connectivity index (χ1) is 15.4. The third kappa shape index (κ3) is 4.60. The first kappa shape index (κ1) is 22.6. The Labute approximate surface area is 196 Å². The SMILES string of the molecule is CC[C@@H](NC(=O)[C@@H]1CC(=O)c2sc(NC(=O)c3c(F)cccc3Cl)nc2C1)c1cccs1. The lowest BCUT2D eigenvalue weighted by atomic mass is 9.89. The molecule has 0 saturated carbocycles. The number of thiazole rings is 1. The Hall–Kier alpha value is -2.62. The van der Waals surface area contributed by atoms with Gasteiger partial charge in [0.2, 0.25) is 5.91 Å². The van der Waals surface area contributed by atoms with Crippen molar-refractivity contribution in [1.29, 1.82) is 0 Å². The topological polar surface area (TPSA) is 88.2 Å². The minimum absolute atomic E-state index is 0.0205. The maximum atomic E-state index is 14.0. The van der Waals surface area contributed by atoms with Crippen molar-refractivity contribution in [2.45, 2.75) is 32.2 Å². The minimum atomic E-state index is -0.750. The number of nitrogens with zero attached hydrogens (tertiary/aromatic N) is 1. The van der Waals surface area contributed by atoms with Crippen molar-refractivity contribution >= 4 is 57.0 Å². The van der Waals surface area contributed by atoms with Crippen LogP contribution in [0.4, 0.5) is 9.52 Å². The molecule has 6 nitrogen and oxygen atoms in total. The van der Waals surface area contributed by atoms with Gasteiger partial charge in [0.25, 0.3) is 5.91 Å². The molecule has 0 fully saturated rings. The van der Waals surface area contributed by atoms with Crippen LogP contribution in [0.1, 0.15) is 56.4 Å². The lowest BCUT2D eigenvalue weighted by Crippen LogP contribution is -2.37. The van der Waals surface area contributed by atoms with Gasteiger partial charge in [0.15, 0.2) is 10.9 Å². The maximum Gasteiger partial charge on any atom is 0.261 e. The molecule has 2 N–H and O–H groups in total. The average molecular weight is 492 g/mol. The van der Waals surface area contributed by atoms with Crippen LogP contribution in [-0.4, -0.2) is 22.6 Å². The van der Waals surface area contributed by atoms with Gasteiger partial charge in [0.1, 0.15) is 5.82 Å². The number of carbonyl (C=O) groups excluding carboxylic acids is 3. The van der Waals surface area contributed by atoms with E-state index in [0.717, 1.165) is 28.7 Å². The Morgan fingerprint density at radius 1 is 1.28 bits per heavy atom. The van der Waals surface area contributed by atoms with E-state index < -0.39 is 17.6 Å². The second-order valence-corrected chi connectivity index (χ2v) is 9.74. The van der Waals surface area contributed by atoms with Gasteiger partial charge in [-0.05, 0) is 30.0 Å². The number of halogens is 2. The fourth-order valence-corrected chi connectivity index (χ4v) is 5.64. The Morgan fingerprint density at radius 2 is 2.09 bits per heavy atom. The van der Waals surface area contributed by atoms with Gasteiger partial charge in [0, 0.05) is 17.7 Å². The predicted molar refractivity (Wildman–Crippen MR) is 123 cm³/mol. The molecule has 2 amide bonds. The monoisotopic (exact) mass is 491 g/mol. The van der Waals surface area contributed by atoms with Crippen molar-refractivity contribution in [2.24, 2.45) is 5.92 Å². The summed E-state index contributed by atoms with van der Waals surface area (Å²) in [7, 11) is 0. The number of amides is 2. The highest BCUT2D eigenvalue weighted by atomic mass is 35.5. The molecule has 0 saturated heterocycles. The Balaban J connectivity index is 1.47. The van der Waals surface area contributed by atoms with Crippen LogP contribution < -0.4 is 10.6 Å². The molecule has 1 aromatic carbocycles. The number of Topliss-reactive ketones (excluding diaryl/α,β-unsaturated/α-hetero) is 1. The number of hydrogen-bond acceptors (Lipinski definition) is 6. The maximum absolute atomic E-state index is 14.0. The summed E-state index contributed by atoms with van der Waals surface area (Å²) in [6.07, 6.45) is 1.11. The molecule has 2 heterocycles. The van der Waals surface area contributed by atoms with Crippen LogP contribution >= 0.6 is 34.3 Å². The molecule has 0 aliphatic heterocycles. The van der Waals surface area contributed by atoms with Gasteiger partial charge < -0.3 is 5.32 Å². The first-order valence-corrected chi connectivity index (χ1v) is 12.1. The number of carbonyl (C=O) groups is 3. The quantitative estimate of drug-likeness (QED) is 0.492. The summed E-state index contributed by atoms with van der Waals surface area (Å²) in [5, 5.41) is 7.65. The zero-order valence-corrected chi connectivity index (χ0v) is 19.4. The number of benzene rings is 1. The molecule has 4 rings (SSSR count). The molecular weight excluding hydrogens is 473 g/mol. The third-order valence-corrected chi connectivity index (χ3v) is 7.57. The van der Waals surface area contributed by atoms with E-state index in [-0.39, 0.29) is 39.9 Å². The zero-order valence-electron chi connectivity index (χ0n) is 17.0. The molecule has 0 spiro atoms. The highest BCUT2D eigenvalue weighted by molar-refractivity contribution is 7.17. The molecule has 32 heavy (non-hydrogen) atoms. The van der Waals surface area contributed by atoms with Gasteiger partial charge in [-0.1, -0.05) is 42.0 Å². The number of rotatable bonds is 6. The number of ketones is 1. The second-order valence-electron chi connectivity index (χ2n) is 7.36. The van der Waals surface area contributed by atoms with Crippen molar-refractivity contribution in [1.82, 2.24) is 10.3 Å². The molecule has 10 heteroatoms. The van der Waals surface area contributed by atoms with Gasteiger partial charge in [-0.2, -0.15) is 0 Å². The lowest BCUT2D eigenvalue weighted by Gasteiger charge is -2.23. The molecule has 2 atom stereocenters. The zero-order chi connectivity index (χ0) is 22.8. The van der Waals surface area contributed by atoms with E-state index in [2.05, 4.69) is 15.6 Å². The number of aromatic nitrogens is 1. The van der Waals surface area contributed by atoms with Gasteiger partial charge in [-0.3, -0.25) is 19.7 Å². The minimum Gasteiger partial charge on any atom is -0.348 e. The molecule has 0 radical (unpaired) electrons. The number of thiophene rings is 1. The highest BCUT2D eigenvalue weighted by Gasteiger charge is 2.34. The van der Waals surface area contributed by atoms with Crippen molar-refractivity contribution in [3.63, 3.8) is 0 Å². The molecule has 2 aromatic heterocycles. The van der Waals surface area contributed by atoms with E-state index in [1.54, 1.807) is 11.3 Å². The van der Waals surface area contributed by atoms with Crippen molar-refractivity contribution < 1.29 is 18.8 Å². The third-order valence-electron chi connectivity index (χ3n) is 5.21. The summed E-state index contributed by atoms with van der Waals surface area (Å²) in [5.41, 5.74) is 0.176. The van der Waals surface area contributed by atoms with Crippen molar-refractivity contribution in [3.05, 3.63) is 67.6 Å². The van der Waals surface area contributed by atoms with Crippen molar-refractivity contribution in [3.8, 4) is 0 Å². The molecule has 1 aliphatic rings. The van der Waals surface area contributed by atoms with E-state index in [0.29, 0.717) is 17.0 Å². The molecule has 3 aromatic rings. The van der Waals surface area contributed by atoms with Crippen LogP contribution in [0, 0.1) is 11.7 Å². The lowest BCUT2D eigenvalue weighted by molar-refractivity contribution is -0.125. The smallest absolute Gasteiger partial charge is 0.261 e. The fourth-order valence-electron chi connectivity index (χ4n) is 3.60.